The smallest absolute Gasteiger partial charge is 0.428 e. The van der Waals surface area contributed by atoms with Gasteiger partial charge < -0.3 is 14.5 Å². The number of hydrogen-bond donors (Lipinski definition) is 1. The first-order valence-corrected chi connectivity index (χ1v) is 7.26. The summed E-state index contributed by atoms with van der Waals surface area (Å²) in [6, 6.07) is 5.00. The van der Waals surface area contributed by atoms with E-state index in [2.05, 4.69) is 10.4 Å². The fourth-order valence-electron chi connectivity index (χ4n) is 2.35. The Morgan fingerprint density at radius 2 is 2.09 bits per heavy atom. The fraction of sp³-hybridized carbons (Fsp3) is 0.429. The van der Waals surface area contributed by atoms with Crippen molar-refractivity contribution in [1.29, 1.82) is 0 Å². The number of hydrogen-bond acceptors (Lipinski definition) is 6. The molecule has 0 aromatic carbocycles. The average molecular weight is 319 g/mol. The number of cyclic esters (lactones) is 1. The molecule has 1 N–H and O–H groups in total. The lowest BCUT2D eigenvalue weighted by atomic mass is 10.3. The van der Waals surface area contributed by atoms with Crippen molar-refractivity contribution in [1.82, 2.24) is 20.3 Å². The molecule has 0 atom stereocenters. The molecule has 2 aliphatic heterocycles. The van der Waals surface area contributed by atoms with Gasteiger partial charge in [-0.1, -0.05) is 6.07 Å². The predicted molar refractivity (Wildman–Crippen MR) is 79.6 cm³/mol. The summed E-state index contributed by atoms with van der Waals surface area (Å²) >= 11 is 0. The van der Waals surface area contributed by atoms with Crippen molar-refractivity contribution in [3.63, 3.8) is 0 Å². The molecule has 9 nitrogen and oxygen atoms in total. The van der Waals surface area contributed by atoms with Crippen LogP contribution >= 0.6 is 0 Å². The molecular weight excluding hydrogens is 302 g/mol. The summed E-state index contributed by atoms with van der Waals surface area (Å²) in [7, 11) is 1.76. The van der Waals surface area contributed by atoms with Gasteiger partial charge in [-0.15, -0.1) is 0 Å². The second-order valence-electron chi connectivity index (χ2n) is 5.32. The molecule has 0 radical (unpaired) electrons. The van der Waals surface area contributed by atoms with Crippen molar-refractivity contribution in [2.24, 2.45) is 0 Å². The normalized spacial score (nSPS) is 18.2. The molecule has 9 heteroatoms. The Hall–Kier alpha value is -2.84. The van der Waals surface area contributed by atoms with Gasteiger partial charge in [0.05, 0.1) is 13.1 Å². The van der Waals surface area contributed by atoms with Gasteiger partial charge >= 0.3 is 6.09 Å². The monoisotopic (exact) mass is 319 g/mol. The molecule has 1 aromatic rings. The van der Waals surface area contributed by atoms with Crippen LogP contribution < -0.4 is 10.3 Å². The Bertz CT molecular complexity index is 650. The van der Waals surface area contributed by atoms with Crippen LogP contribution in [0.3, 0.4) is 0 Å². The highest BCUT2D eigenvalue weighted by Gasteiger charge is 2.26. The lowest BCUT2D eigenvalue weighted by Gasteiger charge is -2.32. The van der Waals surface area contributed by atoms with E-state index in [1.54, 1.807) is 30.1 Å². The zero-order valence-electron chi connectivity index (χ0n) is 12.7. The van der Waals surface area contributed by atoms with Gasteiger partial charge in [0.15, 0.2) is 0 Å². The molecule has 0 spiro atoms. The van der Waals surface area contributed by atoms with Crippen LogP contribution in [0.5, 0.6) is 0 Å². The first-order valence-electron chi connectivity index (χ1n) is 7.26. The molecule has 2 aliphatic rings. The number of piperazine rings is 1. The van der Waals surface area contributed by atoms with Crippen molar-refractivity contribution in [3.8, 4) is 0 Å². The van der Waals surface area contributed by atoms with Crippen molar-refractivity contribution in [2.75, 3.05) is 44.7 Å². The molecule has 23 heavy (non-hydrogen) atoms. The van der Waals surface area contributed by atoms with E-state index in [1.807, 2.05) is 4.90 Å². The minimum Gasteiger partial charge on any atom is -0.446 e. The maximum absolute atomic E-state index is 12.2. The van der Waals surface area contributed by atoms with E-state index in [4.69, 9.17) is 4.74 Å². The predicted octanol–water partition coefficient (Wildman–Crippen LogP) is -0.543. The van der Waals surface area contributed by atoms with Crippen LogP contribution in [-0.4, -0.2) is 72.6 Å². The Morgan fingerprint density at radius 1 is 1.26 bits per heavy atom. The molecular formula is C14H17N5O4. The van der Waals surface area contributed by atoms with Gasteiger partial charge in [-0.2, -0.15) is 0 Å². The van der Waals surface area contributed by atoms with E-state index in [1.165, 1.54) is 0 Å². The summed E-state index contributed by atoms with van der Waals surface area (Å²) in [6.07, 6.45) is -0.584. The molecule has 3 amide bonds. The third kappa shape index (κ3) is 3.17. The Labute approximate surface area is 132 Å². The van der Waals surface area contributed by atoms with E-state index in [9.17, 15) is 14.4 Å². The topological polar surface area (TPSA) is 95.1 Å². The number of pyridine rings is 1. The van der Waals surface area contributed by atoms with Gasteiger partial charge in [0, 0.05) is 20.1 Å². The molecule has 1 aromatic heterocycles. The number of rotatable bonds is 3. The lowest BCUT2D eigenvalue weighted by molar-refractivity contribution is -0.129. The number of nitrogens with one attached hydrogen (secondary N) is 1. The summed E-state index contributed by atoms with van der Waals surface area (Å²) in [5.41, 5.74) is 2.63. The van der Waals surface area contributed by atoms with Crippen molar-refractivity contribution >= 4 is 23.7 Å². The number of carbonyl (C=O) groups is 3. The van der Waals surface area contributed by atoms with E-state index in [-0.39, 0.29) is 24.8 Å². The second kappa shape index (κ2) is 6.11. The Kier molecular flexibility index (Phi) is 4.00. The number of carbonyl (C=O) groups excluding carboxylic acids is 3. The molecule has 2 fully saturated rings. The third-order valence-corrected chi connectivity index (χ3v) is 3.75. The number of aromatic nitrogens is 1. The highest BCUT2D eigenvalue weighted by Crippen LogP contribution is 2.14. The second-order valence-corrected chi connectivity index (χ2v) is 5.32. The summed E-state index contributed by atoms with van der Waals surface area (Å²) in [4.78, 5) is 43.1. The van der Waals surface area contributed by atoms with Gasteiger partial charge in [0.25, 0.3) is 5.91 Å². The number of hydrazine groups is 1. The van der Waals surface area contributed by atoms with Gasteiger partial charge in [0.1, 0.15) is 18.1 Å². The Balaban J connectivity index is 1.70. The molecule has 0 aliphatic carbocycles. The number of likely N-dealkylation sites (N-methyl/N-ethyl adjacent to an activating group) is 1. The van der Waals surface area contributed by atoms with Crippen LogP contribution in [0, 0.1) is 0 Å². The zero-order chi connectivity index (χ0) is 16.4. The van der Waals surface area contributed by atoms with Crippen molar-refractivity contribution in [2.45, 2.75) is 0 Å². The van der Waals surface area contributed by atoms with E-state index >= 15 is 0 Å². The fourth-order valence-corrected chi connectivity index (χ4v) is 2.35. The van der Waals surface area contributed by atoms with Crippen LogP contribution in [0.2, 0.25) is 0 Å². The molecule has 0 unspecified atom stereocenters. The summed E-state index contributed by atoms with van der Waals surface area (Å²) < 4.78 is 4.74. The molecule has 0 saturated carbocycles. The van der Waals surface area contributed by atoms with E-state index in [0.29, 0.717) is 25.5 Å². The van der Waals surface area contributed by atoms with Crippen molar-refractivity contribution in [3.05, 3.63) is 23.9 Å². The van der Waals surface area contributed by atoms with Gasteiger partial charge in [-0.25, -0.2) is 14.8 Å². The zero-order valence-corrected chi connectivity index (χ0v) is 12.7. The minimum atomic E-state index is -0.584. The maximum atomic E-state index is 12.2. The van der Waals surface area contributed by atoms with Gasteiger partial charge in [0.2, 0.25) is 5.91 Å². The quantitative estimate of drug-likeness (QED) is 0.804. The standard InChI is InChI=1S/C14H17N5O4/c1-17-5-6-18(9-12(17)20)11-4-2-3-10(15-11)13(21)16-19-7-8-23-14(19)22/h2-4H,5-9H2,1H3,(H,16,21). The van der Waals surface area contributed by atoms with Crippen molar-refractivity contribution < 1.29 is 19.1 Å². The van der Waals surface area contributed by atoms with E-state index < -0.39 is 12.0 Å². The van der Waals surface area contributed by atoms with Gasteiger partial charge in [-0.3, -0.25) is 15.0 Å². The average Bonchev–Trinajstić information content (AvgIpc) is 2.95. The van der Waals surface area contributed by atoms with Crippen LogP contribution in [-0.2, 0) is 9.53 Å². The van der Waals surface area contributed by atoms with Crippen LogP contribution in [0.25, 0.3) is 0 Å². The van der Waals surface area contributed by atoms with Gasteiger partial charge in [-0.05, 0) is 12.1 Å². The van der Waals surface area contributed by atoms with Crippen LogP contribution in [0.4, 0.5) is 10.6 Å². The molecule has 3 rings (SSSR count). The lowest BCUT2D eigenvalue weighted by Crippen LogP contribution is -2.49. The highest BCUT2D eigenvalue weighted by molar-refractivity contribution is 5.93. The largest absolute Gasteiger partial charge is 0.446 e. The Morgan fingerprint density at radius 3 is 2.78 bits per heavy atom. The molecule has 3 heterocycles. The number of amides is 3. The maximum Gasteiger partial charge on any atom is 0.428 e. The minimum absolute atomic E-state index is 0.00715. The number of nitrogens with zero attached hydrogens (tertiary/aromatic N) is 4. The van der Waals surface area contributed by atoms with Crippen LogP contribution in [0.15, 0.2) is 18.2 Å². The third-order valence-electron chi connectivity index (χ3n) is 3.75. The molecule has 122 valence electrons. The first-order chi connectivity index (χ1) is 11.0. The molecule has 0 bridgehead atoms. The first kappa shape index (κ1) is 15.1. The summed E-state index contributed by atoms with van der Waals surface area (Å²) in [5, 5.41) is 1.11. The van der Waals surface area contributed by atoms with Crippen LogP contribution in [0.1, 0.15) is 10.5 Å². The SMILES string of the molecule is CN1CCN(c2cccc(C(=O)NN3CCOC3=O)n2)CC1=O. The number of ether oxygens (including phenoxy) is 1. The number of anilines is 1. The molecule has 2 saturated heterocycles. The van der Waals surface area contributed by atoms with E-state index in [0.717, 1.165) is 5.01 Å². The highest BCUT2D eigenvalue weighted by atomic mass is 16.6. The summed E-state index contributed by atoms with van der Waals surface area (Å²) in [6.45, 7) is 2.04. The summed E-state index contributed by atoms with van der Waals surface area (Å²) in [5.74, 6) is 0.0713.